The van der Waals surface area contributed by atoms with Crippen molar-refractivity contribution in [3.8, 4) is 5.75 Å². The zero-order valence-corrected chi connectivity index (χ0v) is 21.6. The fourth-order valence-corrected chi connectivity index (χ4v) is 5.70. The van der Waals surface area contributed by atoms with Crippen molar-refractivity contribution >= 4 is 11.6 Å². The number of nitrogens with zero attached hydrogens (tertiary/aromatic N) is 3. The molecule has 2 heterocycles. The number of likely N-dealkylation sites (tertiary alicyclic amines) is 1. The minimum absolute atomic E-state index is 0.0771. The maximum absolute atomic E-state index is 13.4. The Morgan fingerprint density at radius 1 is 1.03 bits per heavy atom. The number of carbonyl (C=O) groups excluding carboxylic acids is 1. The summed E-state index contributed by atoms with van der Waals surface area (Å²) in [5.41, 5.74) is 6.81. The van der Waals surface area contributed by atoms with E-state index in [4.69, 9.17) is 10.5 Å². The Morgan fingerprint density at radius 3 is 2.32 bits per heavy atom. The Morgan fingerprint density at radius 2 is 1.70 bits per heavy atom. The van der Waals surface area contributed by atoms with Crippen LogP contribution in [0.25, 0.3) is 0 Å². The van der Waals surface area contributed by atoms with Crippen LogP contribution in [0.4, 0.5) is 18.9 Å². The van der Waals surface area contributed by atoms with Gasteiger partial charge in [-0.3, -0.25) is 9.69 Å². The number of carbonyl (C=O) groups is 1. The molecule has 202 valence electrons. The lowest BCUT2D eigenvalue weighted by Crippen LogP contribution is -2.52. The highest BCUT2D eigenvalue weighted by atomic mass is 19.4. The molecule has 0 radical (unpaired) electrons. The first-order valence-corrected chi connectivity index (χ1v) is 12.9. The lowest BCUT2D eigenvalue weighted by Gasteiger charge is -2.44. The number of piperazine rings is 1. The minimum Gasteiger partial charge on any atom is -0.497 e. The molecule has 1 unspecified atom stereocenters. The number of rotatable bonds is 7. The van der Waals surface area contributed by atoms with Gasteiger partial charge in [0.1, 0.15) is 5.75 Å². The van der Waals surface area contributed by atoms with Crippen molar-refractivity contribution in [1.82, 2.24) is 9.80 Å². The summed E-state index contributed by atoms with van der Waals surface area (Å²) in [5, 5.41) is 0. The maximum Gasteiger partial charge on any atom is 0.416 e. The van der Waals surface area contributed by atoms with E-state index < -0.39 is 17.2 Å². The number of halogens is 3. The van der Waals surface area contributed by atoms with Crippen LogP contribution in [0.15, 0.2) is 48.5 Å². The fraction of sp³-hybridized carbons (Fsp3) is 0.536. The largest absolute Gasteiger partial charge is 0.497 e. The summed E-state index contributed by atoms with van der Waals surface area (Å²) in [7, 11) is 1.66. The van der Waals surface area contributed by atoms with E-state index >= 15 is 0 Å². The van der Waals surface area contributed by atoms with Crippen molar-refractivity contribution < 1.29 is 22.7 Å². The molecule has 6 nitrogen and oxygen atoms in total. The Hall–Kier alpha value is -2.78. The number of anilines is 1. The van der Waals surface area contributed by atoms with E-state index in [1.54, 1.807) is 13.2 Å². The minimum atomic E-state index is -4.39. The molecular weight excluding hydrogens is 481 g/mol. The molecule has 0 bridgehead atoms. The van der Waals surface area contributed by atoms with Crippen LogP contribution in [-0.2, 0) is 16.4 Å². The molecule has 1 amide bonds. The predicted octanol–water partition coefficient (Wildman–Crippen LogP) is 4.13. The average molecular weight is 519 g/mol. The Bertz CT molecular complexity index is 1060. The molecule has 4 rings (SSSR count). The first kappa shape index (κ1) is 27.3. The lowest BCUT2D eigenvalue weighted by atomic mass is 9.68. The van der Waals surface area contributed by atoms with Gasteiger partial charge in [0.2, 0.25) is 5.91 Å². The van der Waals surface area contributed by atoms with Crippen molar-refractivity contribution in [1.29, 1.82) is 0 Å². The number of nitrogens with two attached hydrogens (primary N) is 1. The summed E-state index contributed by atoms with van der Waals surface area (Å²) in [4.78, 5) is 19.5. The normalized spacial score (nSPS) is 19.5. The zero-order chi connectivity index (χ0) is 26.6. The molecule has 0 aromatic heterocycles. The van der Waals surface area contributed by atoms with Crippen molar-refractivity contribution in [2.45, 2.75) is 43.8 Å². The number of hydrogen-bond donors (Lipinski definition) is 1. The van der Waals surface area contributed by atoms with Gasteiger partial charge in [-0.15, -0.1) is 0 Å². The van der Waals surface area contributed by atoms with E-state index in [0.29, 0.717) is 44.5 Å². The molecule has 2 fully saturated rings. The van der Waals surface area contributed by atoms with Crippen LogP contribution in [0, 0.1) is 0 Å². The monoisotopic (exact) mass is 518 g/mol. The van der Waals surface area contributed by atoms with Crippen molar-refractivity contribution in [2.24, 2.45) is 5.73 Å². The Balaban J connectivity index is 1.35. The van der Waals surface area contributed by atoms with Gasteiger partial charge in [-0.1, -0.05) is 24.3 Å². The van der Waals surface area contributed by atoms with E-state index in [1.165, 1.54) is 12.1 Å². The number of benzene rings is 2. The SMILES string of the molecule is COc1cccc(N2CCN(CC(=O)N3CCC(CC(C)N)(c4cccc(C(F)(F)F)c4)CC3)CC2)c1. The van der Waals surface area contributed by atoms with E-state index in [-0.39, 0.29) is 11.9 Å². The van der Waals surface area contributed by atoms with Gasteiger partial charge < -0.3 is 20.3 Å². The molecule has 2 aromatic rings. The molecule has 2 aliphatic rings. The number of ether oxygens (including phenoxy) is 1. The fourth-order valence-electron chi connectivity index (χ4n) is 5.70. The zero-order valence-electron chi connectivity index (χ0n) is 21.6. The van der Waals surface area contributed by atoms with Crippen LogP contribution in [0.5, 0.6) is 5.75 Å². The summed E-state index contributed by atoms with van der Waals surface area (Å²) in [6.07, 6.45) is -2.60. The first-order valence-electron chi connectivity index (χ1n) is 12.9. The quantitative estimate of drug-likeness (QED) is 0.597. The molecular formula is C28H37F3N4O2. The van der Waals surface area contributed by atoms with Crippen LogP contribution >= 0.6 is 0 Å². The van der Waals surface area contributed by atoms with Crippen molar-refractivity contribution in [3.63, 3.8) is 0 Å². The van der Waals surface area contributed by atoms with Crippen LogP contribution in [0.2, 0.25) is 0 Å². The summed E-state index contributed by atoms with van der Waals surface area (Å²) < 4.78 is 45.5. The third-order valence-corrected chi connectivity index (χ3v) is 7.74. The Labute approximate surface area is 217 Å². The highest BCUT2D eigenvalue weighted by molar-refractivity contribution is 5.78. The van der Waals surface area contributed by atoms with Gasteiger partial charge >= 0.3 is 6.18 Å². The van der Waals surface area contributed by atoms with Crippen LogP contribution < -0.4 is 15.4 Å². The molecule has 2 aliphatic heterocycles. The summed E-state index contributed by atoms with van der Waals surface area (Å²) in [5.74, 6) is 0.902. The third kappa shape index (κ3) is 6.57. The van der Waals surface area contributed by atoms with Gasteiger partial charge in [-0.2, -0.15) is 13.2 Å². The molecule has 9 heteroatoms. The molecule has 2 aromatic carbocycles. The molecule has 2 saturated heterocycles. The van der Waals surface area contributed by atoms with E-state index in [0.717, 1.165) is 43.7 Å². The second-order valence-electron chi connectivity index (χ2n) is 10.4. The van der Waals surface area contributed by atoms with E-state index in [9.17, 15) is 18.0 Å². The summed E-state index contributed by atoms with van der Waals surface area (Å²) >= 11 is 0. The second-order valence-corrected chi connectivity index (χ2v) is 10.4. The highest BCUT2D eigenvalue weighted by Crippen LogP contribution is 2.41. The van der Waals surface area contributed by atoms with Gasteiger partial charge in [0.05, 0.1) is 19.2 Å². The summed E-state index contributed by atoms with van der Waals surface area (Å²) in [6.45, 7) is 6.51. The second kappa shape index (κ2) is 11.3. The van der Waals surface area contributed by atoms with E-state index in [1.807, 2.05) is 30.0 Å². The molecule has 0 spiro atoms. The smallest absolute Gasteiger partial charge is 0.416 e. The maximum atomic E-state index is 13.4. The number of hydrogen-bond acceptors (Lipinski definition) is 5. The lowest BCUT2D eigenvalue weighted by molar-refractivity contribution is -0.137. The van der Waals surface area contributed by atoms with Crippen LogP contribution in [-0.4, -0.2) is 74.7 Å². The third-order valence-electron chi connectivity index (χ3n) is 7.74. The van der Waals surface area contributed by atoms with Gasteiger partial charge in [-0.05, 0) is 49.9 Å². The molecule has 0 saturated carbocycles. The van der Waals surface area contributed by atoms with Gasteiger partial charge in [0.25, 0.3) is 0 Å². The highest BCUT2D eigenvalue weighted by Gasteiger charge is 2.40. The number of piperidine rings is 1. The van der Waals surface area contributed by atoms with Crippen LogP contribution in [0.1, 0.15) is 37.3 Å². The van der Waals surface area contributed by atoms with E-state index in [2.05, 4.69) is 15.9 Å². The summed E-state index contributed by atoms with van der Waals surface area (Å²) in [6, 6.07) is 13.5. The number of methoxy groups -OCH3 is 1. The molecule has 1 atom stereocenters. The average Bonchev–Trinajstić information content (AvgIpc) is 2.89. The molecule has 0 aliphatic carbocycles. The first-order chi connectivity index (χ1) is 17.6. The van der Waals surface area contributed by atoms with Gasteiger partial charge in [0, 0.05) is 62.5 Å². The number of alkyl halides is 3. The van der Waals surface area contributed by atoms with Crippen molar-refractivity contribution in [3.05, 3.63) is 59.7 Å². The topological polar surface area (TPSA) is 62.0 Å². The molecule has 2 N–H and O–H groups in total. The van der Waals surface area contributed by atoms with Crippen molar-refractivity contribution in [2.75, 3.05) is 57.8 Å². The van der Waals surface area contributed by atoms with Gasteiger partial charge in [-0.25, -0.2) is 0 Å². The molecule has 37 heavy (non-hydrogen) atoms. The standard InChI is InChI=1S/C28H37F3N4O2/c1-21(32)19-27(22-5-3-6-23(17-22)28(29,30)31)9-11-35(12-10-27)26(36)20-33-13-15-34(16-14-33)24-7-4-8-25(18-24)37-2/h3-8,17-18,21H,9-16,19-20,32H2,1-2H3. The van der Waals surface area contributed by atoms with Crippen LogP contribution in [0.3, 0.4) is 0 Å². The number of amides is 1. The van der Waals surface area contributed by atoms with Gasteiger partial charge in [0.15, 0.2) is 0 Å². The predicted molar refractivity (Wildman–Crippen MR) is 139 cm³/mol. The Kier molecular flexibility index (Phi) is 8.33.